The van der Waals surface area contributed by atoms with Crippen LogP contribution in [0.3, 0.4) is 0 Å². The summed E-state index contributed by atoms with van der Waals surface area (Å²) in [4.78, 5) is 15.8. The maximum Gasteiger partial charge on any atom is 0.334 e. The van der Waals surface area contributed by atoms with E-state index in [1.54, 1.807) is 6.07 Å². The summed E-state index contributed by atoms with van der Waals surface area (Å²) in [6, 6.07) is 5.41. The molecule has 0 aromatic heterocycles. The second-order valence-corrected chi connectivity index (χ2v) is 5.93. The molecule has 1 amide bonds. The van der Waals surface area contributed by atoms with E-state index < -0.39 is 14.4 Å². The number of ether oxygens (including phenoxy) is 1. The summed E-state index contributed by atoms with van der Waals surface area (Å²) in [5, 5.41) is 0.995. The lowest BCUT2D eigenvalue weighted by Crippen LogP contribution is -2.38. The number of nitrogens with two attached hydrogens (primary N) is 1. The van der Waals surface area contributed by atoms with Crippen LogP contribution >= 0.6 is 8.46 Å². The average Bonchev–Trinajstić information content (AvgIpc) is 2.46. The van der Waals surface area contributed by atoms with Crippen LogP contribution in [0.25, 0.3) is 0 Å². The molecule has 0 saturated heterocycles. The Morgan fingerprint density at radius 1 is 1.27 bits per heavy atom. The molecule has 0 aliphatic heterocycles. The number of anilines is 2. The van der Waals surface area contributed by atoms with Crippen LogP contribution in [0.5, 0.6) is 5.75 Å². The number of hydrogen-bond acceptors (Lipinski definition) is 6. The summed E-state index contributed by atoms with van der Waals surface area (Å²) in [5.74, 6) is 5.94. The smallest absolute Gasteiger partial charge is 0.334 e. The van der Waals surface area contributed by atoms with Crippen LogP contribution in [0.2, 0.25) is 0 Å². The molecule has 122 valence electrons. The van der Waals surface area contributed by atoms with Gasteiger partial charge in [0.05, 0.1) is 0 Å². The average molecular weight is 327 g/mol. The molecule has 1 rings (SSSR count). The van der Waals surface area contributed by atoms with Crippen molar-refractivity contribution in [3.05, 3.63) is 18.2 Å². The maximum atomic E-state index is 11.8. The quantitative estimate of drug-likeness (QED) is 0.331. The molecule has 8 heteroatoms. The SMILES string of the molecule is CN(C)CCOc1cc(N(C)C)ccc1N(N)C(=O)C[PH+]=O. The lowest BCUT2D eigenvalue weighted by Gasteiger charge is -2.22. The van der Waals surface area contributed by atoms with E-state index in [9.17, 15) is 9.36 Å². The third-order valence-corrected chi connectivity index (χ3v) is 3.45. The van der Waals surface area contributed by atoms with Gasteiger partial charge in [0.25, 0.3) is 5.91 Å². The lowest BCUT2D eigenvalue weighted by molar-refractivity contribution is -0.116. The number of benzene rings is 1. The summed E-state index contributed by atoms with van der Waals surface area (Å²) >= 11 is 0. The van der Waals surface area contributed by atoms with Crippen molar-refractivity contribution in [1.82, 2.24) is 4.90 Å². The first-order valence-electron chi connectivity index (χ1n) is 6.88. The first-order valence-corrected chi connectivity index (χ1v) is 8.00. The Labute approximate surface area is 132 Å². The molecule has 0 aliphatic carbocycles. The monoisotopic (exact) mass is 327 g/mol. The van der Waals surface area contributed by atoms with Crippen LogP contribution in [-0.4, -0.2) is 58.3 Å². The minimum absolute atomic E-state index is 0.108. The number of hydrogen-bond donors (Lipinski definition) is 1. The molecular weight excluding hydrogens is 303 g/mol. The maximum absolute atomic E-state index is 11.8. The van der Waals surface area contributed by atoms with Gasteiger partial charge in [0.2, 0.25) is 6.16 Å². The number of rotatable bonds is 8. The minimum Gasteiger partial charge on any atom is -0.490 e. The summed E-state index contributed by atoms with van der Waals surface area (Å²) in [6.07, 6.45) is -0.108. The summed E-state index contributed by atoms with van der Waals surface area (Å²) in [7, 11) is 7.03. The van der Waals surface area contributed by atoms with Crippen molar-refractivity contribution in [1.29, 1.82) is 0 Å². The van der Waals surface area contributed by atoms with Gasteiger partial charge in [0.1, 0.15) is 18.0 Å². The van der Waals surface area contributed by atoms with Crippen molar-refractivity contribution in [2.75, 3.05) is 57.4 Å². The Kier molecular flexibility index (Phi) is 7.24. The van der Waals surface area contributed by atoms with Crippen LogP contribution < -0.4 is 20.5 Å². The molecule has 0 spiro atoms. The molecule has 0 bridgehead atoms. The van der Waals surface area contributed by atoms with E-state index in [-0.39, 0.29) is 6.16 Å². The highest BCUT2D eigenvalue weighted by atomic mass is 31.1. The number of hydrazine groups is 1. The van der Waals surface area contributed by atoms with Crippen molar-refractivity contribution in [2.45, 2.75) is 0 Å². The highest BCUT2D eigenvalue weighted by Crippen LogP contribution is 2.31. The zero-order valence-corrected chi connectivity index (χ0v) is 14.5. The molecule has 1 aromatic carbocycles. The van der Waals surface area contributed by atoms with Gasteiger partial charge in [-0.25, -0.2) is 10.9 Å². The van der Waals surface area contributed by atoms with E-state index >= 15 is 0 Å². The Bertz CT molecular complexity index is 523. The molecule has 1 atom stereocenters. The summed E-state index contributed by atoms with van der Waals surface area (Å²) in [5.41, 5.74) is 1.41. The fourth-order valence-electron chi connectivity index (χ4n) is 1.72. The van der Waals surface area contributed by atoms with Crippen LogP contribution in [0.1, 0.15) is 0 Å². The summed E-state index contributed by atoms with van der Waals surface area (Å²) < 4.78 is 16.4. The first kappa shape index (κ1) is 18.4. The van der Waals surface area contributed by atoms with Gasteiger partial charge in [-0.05, 0) is 26.2 Å². The summed E-state index contributed by atoms with van der Waals surface area (Å²) in [6.45, 7) is 1.22. The van der Waals surface area contributed by atoms with E-state index in [2.05, 4.69) is 0 Å². The molecule has 7 nitrogen and oxygen atoms in total. The molecular formula is C14H24N4O3P+. The first-order chi connectivity index (χ1) is 10.4. The number of carbonyl (C=O) groups is 1. The van der Waals surface area contributed by atoms with Crippen LogP contribution in [0.4, 0.5) is 11.4 Å². The lowest BCUT2D eigenvalue weighted by atomic mass is 10.2. The van der Waals surface area contributed by atoms with E-state index in [1.165, 1.54) is 0 Å². The van der Waals surface area contributed by atoms with Gasteiger partial charge in [-0.3, -0.25) is 4.79 Å². The van der Waals surface area contributed by atoms with Crippen LogP contribution in [0, 0.1) is 0 Å². The molecule has 0 fully saturated rings. The van der Waals surface area contributed by atoms with E-state index in [0.29, 0.717) is 18.0 Å². The van der Waals surface area contributed by atoms with Crippen LogP contribution in [-0.2, 0) is 9.36 Å². The van der Waals surface area contributed by atoms with E-state index in [1.807, 2.05) is 50.1 Å². The standard InChI is InChI=1S/C14H23N4O3P/c1-16(2)7-8-21-13-9-11(17(3)4)5-6-12(13)18(15)14(19)10-22-20/h5-6,9H,7-8,10,15H2,1-4H3/p+1. The third-order valence-electron chi connectivity index (χ3n) is 3.01. The molecule has 1 aromatic rings. The van der Waals surface area contributed by atoms with Crippen molar-refractivity contribution in [3.8, 4) is 5.75 Å². The van der Waals surface area contributed by atoms with Crippen molar-refractivity contribution >= 4 is 25.7 Å². The second-order valence-electron chi connectivity index (χ2n) is 5.28. The number of nitrogens with zero attached hydrogens (tertiary/aromatic N) is 3. The fourth-order valence-corrected chi connectivity index (χ4v) is 2.01. The van der Waals surface area contributed by atoms with Gasteiger partial charge in [-0.2, -0.15) is 0 Å². The normalized spacial score (nSPS) is 10.8. The fraction of sp³-hybridized carbons (Fsp3) is 0.500. The largest absolute Gasteiger partial charge is 0.490 e. The van der Waals surface area contributed by atoms with Crippen molar-refractivity contribution in [3.63, 3.8) is 0 Å². The van der Waals surface area contributed by atoms with E-state index in [4.69, 9.17) is 10.6 Å². The molecule has 0 heterocycles. The highest BCUT2D eigenvalue weighted by Gasteiger charge is 2.19. The number of carbonyl (C=O) groups excluding carboxylic acids is 1. The Hall–Kier alpha value is -1.69. The zero-order valence-electron chi connectivity index (χ0n) is 13.5. The zero-order chi connectivity index (χ0) is 16.7. The molecule has 2 N–H and O–H groups in total. The van der Waals surface area contributed by atoms with Gasteiger partial charge in [-0.1, -0.05) is 4.57 Å². The van der Waals surface area contributed by atoms with E-state index in [0.717, 1.165) is 17.2 Å². The highest BCUT2D eigenvalue weighted by molar-refractivity contribution is 7.25. The minimum atomic E-state index is -0.713. The Morgan fingerprint density at radius 3 is 2.50 bits per heavy atom. The Morgan fingerprint density at radius 2 is 1.95 bits per heavy atom. The topological polar surface area (TPSA) is 79.1 Å². The molecule has 0 radical (unpaired) electrons. The van der Waals surface area contributed by atoms with Gasteiger partial charge in [0.15, 0.2) is 0 Å². The molecule has 0 aliphatic rings. The Balaban J connectivity index is 3.02. The molecule has 22 heavy (non-hydrogen) atoms. The predicted molar refractivity (Wildman–Crippen MR) is 90.4 cm³/mol. The van der Waals surface area contributed by atoms with Gasteiger partial charge in [-0.15, -0.1) is 0 Å². The molecule has 0 saturated carbocycles. The number of likely N-dealkylation sites (N-methyl/N-ethyl adjacent to an activating group) is 1. The predicted octanol–water partition coefficient (Wildman–Crippen LogP) is 0.924. The van der Waals surface area contributed by atoms with Crippen molar-refractivity contribution < 1.29 is 14.1 Å². The second kappa shape index (κ2) is 8.68. The third kappa shape index (κ3) is 5.26. The van der Waals surface area contributed by atoms with Gasteiger partial charge in [0, 0.05) is 32.4 Å². The number of amides is 1. The van der Waals surface area contributed by atoms with Crippen LogP contribution in [0.15, 0.2) is 18.2 Å². The van der Waals surface area contributed by atoms with Gasteiger partial charge >= 0.3 is 8.46 Å². The molecule has 1 unspecified atom stereocenters. The van der Waals surface area contributed by atoms with Crippen molar-refractivity contribution in [2.24, 2.45) is 5.84 Å². The van der Waals surface area contributed by atoms with Gasteiger partial charge < -0.3 is 14.5 Å².